The Morgan fingerprint density at radius 2 is 2.06 bits per heavy atom. The van der Waals surface area contributed by atoms with Crippen molar-refractivity contribution >= 4 is 0 Å². The van der Waals surface area contributed by atoms with Crippen molar-refractivity contribution in [1.29, 1.82) is 0 Å². The second kappa shape index (κ2) is 8.26. The van der Waals surface area contributed by atoms with Crippen LogP contribution in [0.1, 0.15) is 30.9 Å². The zero-order valence-corrected chi connectivity index (χ0v) is 11.1. The molecule has 0 bridgehead atoms. The van der Waals surface area contributed by atoms with Crippen LogP contribution in [0.15, 0.2) is 24.3 Å². The van der Waals surface area contributed by atoms with Gasteiger partial charge in [-0.25, -0.2) is 0 Å². The van der Waals surface area contributed by atoms with Crippen LogP contribution in [0.4, 0.5) is 0 Å². The maximum Gasteiger partial charge on any atom is 0.0466 e. The van der Waals surface area contributed by atoms with Crippen LogP contribution in [0.25, 0.3) is 0 Å². The molecule has 0 fully saturated rings. The fraction of sp³-hybridized carbons (Fsp3) is 0.600. The Labute approximate surface area is 105 Å². The van der Waals surface area contributed by atoms with Crippen molar-refractivity contribution in [2.45, 2.75) is 33.1 Å². The Kier molecular flexibility index (Phi) is 6.90. The first-order valence-corrected chi connectivity index (χ1v) is 6.60. The minimum Gasteiger partial charge on any atom is -0.382 e. The first-order chi connectivity index (χ1) is 8.27. The van der Waals surface area contributed by atoms with E-state index in [1.54, 1.807) is 0 Å². The van der Waals surface area contributed by atoms with Gasteiger partial charge in [0.05, 0.1) is 0 Å². The van der Waals surface area contributed by atoms with E-state index < -0.39 is 0 Å². The first kappa shape index (κ1) is 14.2. The molecular weight excluding hydrogens is 210 g/mol. The molecule has 1 aromatic carbocycles. The summed E-state index contributed by atoms with van der Waals surface area (Å²) in [6.07, 6.45) is 3.36. The number of rotatable bonds is 8. The van der Waals surface area contributed by atoms with Crippen molar-refractivity contribution < 1.29 is 4.74 Å². The van der Waals surface area contributed by atoms with Gasteiger partial charge in [-0.05, 0) is 56.7 Å². The average Bonchev–Trinajstić information content (AvgIpc) is 2.35. The SMILES string of the molecule is CCOCCCC(CN)Cc1ccccc1C. The summed E-state index contributed by atoms with van der Waals surface area (Å²) in [5.41, 5.74) is 8.65. The molecule has 17 heavy (non-hydrogen) atoms. The zero-order valence-electron chi connectivity index (χ0n) is 11.1. The third kappa shape index (κ3) is 5.33. The van der Waals surface area contributed by atoms with Gasteiger partial charge in [-0.15, -0.1) is 0 Å². The summed E-state index contributed by atoms with van der Waals surface area (Å²) in [6, 6.07) is 8.57. The summed E-state index contributed by atoms with van der Waals surface area (Å²) < 4.78 is 5.36. The van der Waals surface area contributed by atoms with Crippen LogP contribution < -0.4 is 5.73 Å². The predicted octanol–water partition coefficient (Wildman–Crippen LogP) is 2.93. The van der Waals surface area contributed by atoms with Crippen LogP contribution in [0.2, 0.25) is 0 Å². The monoisotopic (exact) mass is 235 g/mol. The van der Waals surface area contributed by atoms with Crippen molar-refractivity contribution in [3.63, 3.8) is 0 Å². The Hall–Kier alpha value is -0.860. The van der Waals surface area contributed by atoms with Crippen LogP contribution >= 0.6 is 0 Å². The minimum atomic E-state index is 0.580. The molecule has 0 saturated heterocycles. The van der Waals surface area contributed by atoms with Crippen LogP contribution in [-0.4, -0.2) is 19.8 Å². The number of aryl methyl sites for hydroxylation is 1. The standard InChI is InChI=1S/C15H25NO/c1-3-17-10-6-8-14(12-16)11-15-9-5-4-7-13(15)2/h4-5,7,9,14H,3,6,8,10-12,16H2,1-2H3. The van der Waals surface area contributed by atoms with E-state index in [1.807, 2.05) is 6.92 Å². The second-order valence-electron chi connectivity index (χ2n) is 4.57. The smallest absolute Gasteiger partial charge is 0.0466 e. The molecule has 0 amide bonds. The van der Waals surface area contributed by atoms with E-state index in [9.17, 15) is 0 Å². The highest BCUT2D eigenvalue weighted by Gasteiger charge is 2.09. The Morgan fingerprint density at radius 1 is 1.29 bits per heavy atom. The lowest BCUT2D eigenvalue weighted by Crippen LogP contribution is -2.18. The average molecular weight is 235 g/mol. The van der Waals surface area contributed by atoms with E-state index in [0.29, 0.717) is 5.92 Å². The van der Waals surface area contributed by atoms with Gasteiger partial charge in [-0.2, -0.15) is 0 Å². The number of hydrogen-bond donors (Lipinski definition) is 1. The van der Waals surface area contributed by atoms with Crippen molar-refractivity contribution in [2.24, 2.45) is 11.7 Å². The topological polar surface area (TPSA) is 35.2 Å². The predicted molar refractivity (Wildman–Crippen MR) is 73.2 cm³/mol. The quantitative estimate of drug-likeness (QED) is 0.703. The molecule has 0 aliphatic rings. The van der Waals surface area contributed by atoms with Gasteiger partial charge >= 0.3 is 0 Å². The van der Waals surface area contributed by atoms with Gasteiger partial charge in [-0.3, -0.25) is 0 Å². The highest BCUT2D eigenvalue weighted by molar-refractivity contribution is 5.25. The van der Waals surface area contributed by atoms with E-state index in [2.05, 4.69) is 31.2 Å². The molecule has 1 rings (SSSR count). The molecule has 0 heterocycles. The summed E-state index contributed by atoms with van der Waals surface area (Å²) in [6.45, 7) is 6.64. The van der Waals surface area contributed by atoms with Crippen molar-refractivity contribution in [3.05, 3.63) is 35.4 Å². The first-order valence-electron chi connectivity index (χ1n) is 6.60. The Balaban J connectivity index is 2.38. The van der Waals surface area contributed by atoms with E-state index in [1.165, 1.54) is 11.1 Å². The number of hydrogen-bond acceptors (Lipinski definition) is 2. The molecular formula is C15H25NO. The Morgan fingerprint density at radius 3 is 2.71 bits per heavy atom. The molecule has 2 N–H and O–H groups in total. The third-order valence-electron chi connectivity index (χ3n) is 3.21. The molecule has 0 saturated carbocycles. The lowest BCUT2D eigenvalue weighted by atomic mass is 9.93. The molecule has 0 radical (unpaired) electrons. The molecule has 0 aromatic heterocycles. The van der Waals surface area contributed by atoms with Crippen LogP contribution in [0.5, 0.6) is 0 Å². The summed E-state index contributed by atoms with van der Waals surface area (Å²) in [5.74, 6) is 0.580. The largest absolute Gasteiger partial charge is 0.382 e. The molecule has 0 aliphatic carbocycles. The number of ether oxygens (including phenoxy) is 1. The van der Waals surface area contributed by atoms with E-state index in [-0.39, 0.29) is 0 Å². The fourth-order valence-electron chi connectivity index (χ4n) is 2.07. The van der Waals surface area contributed by atoms with E-state index in [4.69, 9.17) is 10.5 Å². The molecule has 0 aliphatic heterocycles. The second-order valence-corrected chi connectivity index (χ2v) is 4.57. The normalized spacial score (nSPS) is 12.6. The lowest BCUT2D eigenvalue weighted by Gasteiger charge is -2.16. The molecule has 1 unspecified atom stereocenters. The molecule has 2 nitrogen and oxygen atoms in total. The van der Waals surface area contributed by atoms with Gasteiger partial charge < -0.3 is 10.5 Å². The minimum absolute atomic E-state index is 0.580. The maximum atomic E-state index is 5.84. The molecule has 1 atom stereocenters. The van der Waals surface area contributed by atoms with Gasteiger partial charge in [-0.1, -0.05) is 24.3 Å². The van der Waals surface area contributed by atoms with Crippen LogP contribution in [0, 0.1) is 12.8 Å². The maximum absolute atomic E-state index is 5.84. The number of nitrogens with two attached hydrogens (primary N) is 1. The van der Waals surface area contributed by atoms with Crippen molar-refractivity contribution in [3.8, 4) is 0 Å². The van der Waals surface area contributed by atoms with Crippen molar-refractivity contribution in [2.75, 3.05) is 19.8 Å². The van der Waals surface area contributed by atoms with Gasteiger partial charge in [0.2, 0.25) is 0 Å². The highest BCUT2D eigenvalue weighted by atomic mass is 16.5. The van der Waals surface area contributed by atoms with Gasteiger partial charge in [0.1, 0.15) is 0 Å². The third-order valence-corrected chi connectivity index (χ3v) is 3.21. The van der Waals surface area contributed by atoms with Gasteiger partial charge in [0, 0.05) is 13.2 Å². The lowest BCUT2D eigenvalue weighted by molar-refractivity contribution is 0.139. The van der Waals surface area contributed by atoms with Crippen molar-refractivity contribution in [1.82, 2.24) is 0 Å². The molecule has 96 valence electrons. The summed E-state index contributed by atoms with van der Waals surface area (Å²) in [7, 11) is 0. The zero-order chi connectivity index (χ0) is 12.5. The van der Waals surface area contributed by atoms with Crippen LogP contribution in [-0.2, 0) is 11.2 Å². The summed E-state index contributed by atoms with van der Waals surface area (Å²) in [4.78, 5) is 0. The van der Waals surface area contributed by atoms with Gasteiger partial charge in [0.15, 0.2) is 0 Å². The van der Waals surface area contributed by atoms with E-state index >= 15 is 0 Å². The number of benzene rings is 1. The highest BCUT2D eigenvalue weighted by Crippen LogP contribution is 2.16. The van der Waals surface area contributed by atoms with Gasteiger partial charge in [0.25, 0.3) is 0 Å². The molecule has 1 aromatic rings. The fourth-order valence-corrected chi connectivity index (χ4v) is 2.07. The molecule has 2 heteroatoms. The summed E-state index contributed by atoms with van der Waals surface area (Å²) in [5, 5.41) is 0. The molecule has 0 spiro atoms. The van der Waals surface area contributed by atoms with Crippen LogP contribution in [0.3, 0.4) is 0 Å². The Bertz CT molecular complexity index is 312. The summed E-state index contributed by atoms with van der Waals surface area (Å²) >= 11 is 0. The van der Waals surface area contributed by atoms with E-state index in [0.717, 1.165) is 39.0 Å².